The Balaban J connectivity index is 1.73. The van der Waals surface area contributed by atoms with E-state index in [1.807, 2.05) is 65.6 Å². The molecule has 130 valence electrons. The summed E-state index contributed by atoms with van der Waals surface area (Å²) in [5, 5.41) is 3.09. The lowest BCUT2D eigenvalue weighted by Gasteiger charge is -2.25. The lowest BCUT2D eigenvalue weighted by atomic mass is 10.2. The molecule has 0 saturated heterocycles. The number of para-hydroxylation sites is 1. The predicted octanol–water partition coefficient (Wildman–Crippen LogP) is 4.40. The van der Waals surface area contributed by atoms with Crippen molar-refractivity contribution in [2.45, 2.75) is 6.54 Å². The van der Waals surface area contributed by atoms with Crippen LogP contribution in [0.3, 0.4) is 0 Å². The van der Waals surface area contributed by atoms with Gasteiger partial charge in [0.15, 0.2) is 5.11 Å². The number of nitrogens with one attached hydrogen (secondary N) is 1. The van der Waals surface area contributed by atoms with Crippen molar-refractivity contribution in [2.75, 3.05) is 4.90 Å². The lowest BCUT2D eigenvalue weighted by Crippen LogP contribution is -2.41. The summed E-state index contributed by atoms with van der Waals surface area (Å²) in [7, 11) is 0. The number of hydrogen-bond donors (Lipinski definition) is 1. The molecule has 1 amide bonds. The van der Waals surface area contributed by atoms with Crippen LogP contribution in [0.15, 0.2) is 89.6 Å². The highest BCUT2D eigenvalue weighted by atomic mass is 32.1. The van der Waals surface area contributed by atoms with Crippen molar-refractivity contribution in [1.29, 1.82) is 0 Å². The van der Waals surface area contributed by atoms with Crippen LogP contribution >= 0.6 is 12.2 Å². The normalized spacial score (nSPS) is 10.6. The Hall–Kier alpha value is -3.18. The van der Waals surface area contributed by atoms with Gasteiger partial charge in [-0.15, -0.1) is 0 Å². The first-order valence-electron chi connectivity index (χ1n) is 8.15. The maximum absolute atomic E-state index is 12.2. The van der Waals surface area contributed by atoms with Gasteiger partial charge < -0.3 is 9.32 Å². The topological polar surface area (TPSA) is 45.5 Å². The molecule has 0 aliphatic rings. The molecule has 0 spiro atoms. The van der Waals surface area contributed by atoms with Crippen molar-refractivity contribution in [2.24, 2.45) is 0 Å². The number of carbonyl (C=O) groups is 1. The number of amides is 1. The number of rotatable bonds is 5. The molecule has 0 unspecified atom stereocenters. The maximum Gasteiger partial charge on any atom is 0.250 e. The summed E-state index contributed by atoms with van der Waals surface area (Å²) >= 11 is 5.48. The second kappa shape index (κ2) is 8.78. The van der Waals surface area contributed by atoms with E-state index < -0.39 is 0 Å². The predicted molar refractivity (Wildman–Crippen MR) is 108 cm³/mol. The number of thiocarbonyl (C=S) groups is 1. The van der Waals surface area contributed by atoms with E-state index in [4.69, 9.17) is 16.6 Å². The molecule has 1 N–H and O–H groups in total. The Kier molecular flexibility index (Phi) is 5.96. The summed E-state index contributed by atoms with van der Waals surface area (Å²) < 4.78 is 5.17. The summed E-state index contributed by atoms with van der Waals surface area (Å²) in [6, 6.07) is 23.2. The molecule has 1 aromatic heterocycles. The molecular weight excluding hydrogens is 344 g/mol. The molecule has 4 nitrogen and oxygen atoms in total. The Bertz CT molecular complexity index is 875. The molecule has 2 aromatic carbocycles. The van der Waals surface area contributed by atoms with E-state index >= 15 is 0 Å². The molecule has 0 aliphatic carbocycles. The van der Waals surface area contributed by atoms with Crippen molar-refractivity contribution >= 4 is 35.0 Å². The fourth-order valence-electron chi connectivity index (χ4n) is 2.41. The average molecular weight is 362 g/mol. The molecule has 26 heavy (non-hydrogen) atoms. The molecule has 0 aliphatic heterocycles. The van der Waals surface area contributed by atoms with Crippen LogP contribution in [0.1, 0.15) is 11.3 Å². The Morgan fingerprint density at radius 1 is 1.00 bits per heavy atom. The van der Waals surface area contributed by atoms with Crippen LogP contribution in [-0.4, -0.2) is 11.0 Å². The van der Waals surface area contributed by atoms with Gasteiger partial charge in [0.25, 0.3) is 0 Å². The molecule has 1 heterocycles. The summed E-state index contributed by atoms with van der Waals surface area (Å²) in [5.41, 5.74) is 2.01. The molecule has 0 fully saturated rings. The van der Waals surface area contributed by atoms with Crippen molar-refractivity contribution in [3.8, 4) is 0 Å². The van der Waals surface area contributed by atoms with Gasteiger partial charge in [-0.25, -0.2) is 0 Å². The van der Waals surface area contributed by atoms with E-state index in [9.17, 15) is 4.79 Å². The van der Waals surface area contributed by atoms with Crippen LogP contribution in [-0.2, 0) is 11.3 Å². The third kappa shape index (κ3) is 4.91. The number of carbonyl (C=O) groups excluding carboxylic acids is 1. The first kappa shape index (κ1) is 17.6. The molecule has 0 saturated carbocycles. The fraction of sp³-hybridized carbons (Fsp3) is 0.0476. The van der Waals surface area contributed by atoms with Crippen LogP contribution < -0.4 is 10.2 Å². The van der Waals surface area contributed by atoms with Crippen molar-refractivity contribution in [3.05, 3.63) is 96.5 Å². The van der Waals surface area contributed by atoms with Crippen LogP contribution in [0.2, 0.25) is 0 Å². The van der Waals surface area contributed by atoms with Crippen molar-refractivity contribution in [1.82, 2.24) is 5.32 Å². The van der Waals surface area contributed by atoms with Gasteiger partial charge in [-0.2, -0.15) is 0 Å². The third-order valence-electron chi connectivity index (χ3n) is 3.67. The van der Waals surface area contributed by atoms with Crippen LogP contribution in [0.25, 0.3) is 6.08 Å². The molecule has 0 atom stereocenters. The number of anilines is 1. The van der Waals surface area contributed by atoms with Gasteiger partial charge in [0.05, 0.1) is 12.8 Å². The quantitative estimate of drug-likeness (QED) is 0.540. The first-order valence-corrected chi connectivity index (χ1v) is 8.56. The second-order valence-corrected chi connectivity index (χ2v) is 5.94. The SMILES string of the molecule is O=C(/C=C/c1ccco1)NC(=S)N(Cc1ccccc1)c1ccccc1. The maximum atomic E-state index is 12.2. The molecule has 5 heteroatoms. The van der Waals surface area contributed by atoms with E-state index in [-0.39, 0.29) is 5.91 Å². The number of nitrogens with zero attached hydrogens (tertiary/aromatic N) is 1. The standard InChI is InChI=1S/C21H18N2O2S/c24-20(14-13-19-12-7-15-25-19)22-21(26)23(18-10-5-2-6-11-18)16-17-8-3-1-4-9-17/h1-15H,16H2,(H,22,24,26)/b14-13+. The van der Waals surface area contributed by atoms with E-state index in [1.54, 1.807) is 24.5 Å². The monoisotopic (exact) mass is 362 g/mol. The average Bonchev–Trinajstić information content (AvgIpc) is 3.19. The van der Waals surface area contributed by atoms with Crippen molar-refractivity contribution < 1.29 is 9.21 Å². The first-order chi connectivity index (χ1) is 12.7. The number of furan rings is 1. The van der Waals surface area contributed by atoms with Crippen molar-refractivity contribution in [3.63, 3.8) is 0 Å². The summed E-state index contributed by atoms with van der Waals surface area (Å²) in [5.74, 6) is 0.302. The second-order valence-electron chi connectivity index (χ2n) is 5.55. The van der Waals surface area contributed by atoms with Gasteiger partial charge in [-0.3, -0.25) is 10.1 Å². The molecule has 3 aromatic rings. The van der Waals surface area contributed by atoms with Gasteiger partial charge in [0.2, 0.25) is 5.91 Å². The van der Waals surface area contributed by atoms with Gasteiger partial charge in [0, 0.05) is 11.8 Å². The zero-order valence-electron chi connectivity index (χ0n) is 14.0. The molecular formula is C21H18N2O2S. The van der Waals surface area contributed by atoms with Gasteiger partial charge in [-0.1, -0.05) is 48.5 Å². The molecule has 0 radical (unpaired) electrons. The Labute approximate surface area is 157 Å². The summed E-state index contributed by atoms with van der Waals surface area (Å²) in [6.07, 6.45) is 4.55. The highest BCUT2D eigenvalue weighted by molar-refractivity contribution is 7.80. The van der Waals surface area contributed by atoms with E-state index in [1.165, 1.54) is 6.08 Å². The number of hydrogen-bond acceptors (Lipinski definition) is 3. The number of benzene rings is 2. The minimum Gasteiger partial charge on any atom is -0.465 e. The summed E-state index contributed by atoms with van der Waals surface area (Å²) in [4.78, 5) is 14.1. The minimum absolute atomic E-state index is 0.305. The smallest absolute Gasteiger partial charge is 0.250 e. The van der Waals surface area contributed by atoms with Gasteiger partial charge in [-0.05, 0) is 48.1 Å². The van der Waals surface area contributed by atoms with Gasteiger partial charge in [0.1, 0.15) is 5.76 Å². The van der Waals surface area contributed by atoms with Gasteiger partial charge >= 0.3 is 0 Å². The van der Waals surface area contributed by atoms with E-state index in [2.05, 4.69) is 5.32 Å². The van der Waals surface area contributed by atoms with Crippen LogP contribution in [0.5, 0.6) is 0 Å². The highest BCUT2D eigenvalue weighted by Gasteiger charge is 2.14. The Morgan fingerprint density at radius 2 is 1.69 bits per heavy atom. The Morgan fingerprint density at radius 3 is 2.35 bits per heavy atom. The lowest BCUT2D eigenvalue weighted by molar-refractivity contribution is -0.115. The highest BCUT2D eigenvalue weighted by Crippen LogP contribution is 2.17. The minimum atomic E-state index is -0.305. The fourth-order valence-corrected chi connectivity index (χ4v) is 2.68. The largest absolute Gasteiger partial charge is 0.465 e. The van der Waals surface area contributed by atoms with E-state index in [0.29, 0.717) is 17.4 Å². The molecule has 0 bridgehead atoms. The van der Waals surface area contributed by atoms with Crippen LogP contribution in [0.4, 0.5) is 5.69 Å². The zero-order chi connectivity index (χ0) is 18.2. The van der Waals surface area contributed by atoms with Crippen LogP contribution in [0, 0.1) is 0 Å². The molecule has 3 rings (SSSR count). The van der Waals surface area contributed by atoms with E-state index in [0.717, 1.165) is 11.3 Å². The zero-order valence-corrected chi connectivity index (χ0v) is 14.9. The summed E-state index contributed by atoms with van der Waals surface area (Å²) in [6.45, 7) is 0.561. The third-order valence-corrected chi connectivity index (χ3v) is 3.99.